The van der Waals surface area contributed by atoms with Crippen LogP contribution in [0.2, 0.25) is 0 Å². The van der Waals surface area contributed by atoms with Crippen LogP contribution < -0.4 is 5.32 Å². The van der Waals surface area contributed by atoms with E-state index in [9.17, 15) is 9.59 Å². The molecular formula is C24H29N3O2S. The summed E-state index contributed by atoms with van der Waals surface area (Å²) in [5.41, 5.74) is 3.84. The van der Waals surface area contributed by atoms with Gasteiger partial charge >= 0.3 is 0 Å². The Morgan fingerprint density at radius 1 is 1.20 bits per heavy atom. The minimum Gasteiger partial charge on any atom is -0.355 e. The smallest absolute Gasteiger partial charge is 0.264 e. The second-order valence-electron chi connectivity index (χ2n) is 9.05. The monoisotopic (exact) mass is 423 g/mol. The Morgan fingerprint density at radius 3 is 2.83 bits per heavy atom. The van der Waals surface area contributed by atoms with Crippen molar-refractivity contribution >= 4 is 23.2 Å². The number of piperidine rings is 1. The molecule has 5 nitrogen and oxygen atoms in total. The summed E-state index contributed by atoms with van der Waals surface area (Å²) in [5.74, 6) is 0.515. The molecule has 1 spiro atoms. The molecule has 5 rings (SSSR count). The zero-order chi connectivity index (χ0) is 20.6. The number of likely N-dealkylation sites (tertiary alicyclic amines) is 1. The summed E-state index contributed by atoms with van der Waals surface area (Å²) in [6, 6.07) is 5.86. The Balaban J connectivity index is 1.12. The van der Waals surface area contributed by atoms with Crippen molar-refractivity contribution in [1.29, 1.82) is 0 Å². The number of carbonyl (C=O) groups is 2. The van der Waals surface area contributed by atoms with Gasteiger partial charge in [0, 0.05) is 43.9 Å². The molecule has 3 heterocycles. The first-order valence-corrected chi connectivity index (χ1v) is 12.1. The van der Waals surface area contributed by atoms with E-state index in [-0.39, 0.29) is 23.1 Å². The molecule has 0 aromatic carbocycles. The van der Waals surface area contributed by atoms with Crippen LogP contribution in [0.5, 0.6) is 0 Å². The molecule has 2 aromatic rings. The van der Waals surface area contributed by atoms with Crippen LogP contribution in [-0.2, 0) is 24.1 Å². The summed E-state index contributed by atoms with van der Waals surface area (Å²) in [7, 11) is 0. The molecule has 2 fully saturated rings. The summed E-state index contributed by atoms with van der Waals surface area (Å²) in [4.78, 5) is 33.0. The number of pyridine rings is 1. The molecule has 0 bridgehead atoms. The third-order valence-electron chi connectivity index (χ3n) is 7.26. The lowest BCUT2D eigenvalue weighted by atomic mass is 9.90. The van der Waals surface area contributed by atoms with Crippen molar-refractivity contribution in [3.63, 3.8) is 0 Å². The summed E-state index contributed by atoms with van der Waals surface area (Å²) in [6.07, 6.45) is 10.0. The van der Waals surface area contributed by atoms with E-state index in [2.05, 4.69) is 15.7 Å². The molecule has 2 aliphatic carbocycles. The van der Waals surface area contributed by atoms with E-state index in [0.717, 1.165) is 62.2 Å². The zero-order valence-electron chi connectivity index (χ0n) is 17.4. The summed E-state index contributed by atoms with van der Waals surface area (Å²) >= 11 is 1.63. The van der Waals surface area contributed by atoms with E-state index in [1.165, 1.54) is 24.0 Å². The van der Waals surface area contributed by atoms with Gasteiger partial charge in [-0.3, -0.25) is 14.6 Å². The van der Waals surface area contributed by atoms with Crippen LogP contribution in [0.4, 0.5) is 0 Å². The largest absolute Gasteiger partial charge is 0.355 e. The van der Waals surface area contributed by atoms with Gasteiger partial charge in [-0.2, -0.15) is 0 Å². The van der Waals surface area contributed by atoms with Crippen LogP contribution in [0.15, 0.2) is 29.8 Å². The van der Waals surface area contributed by atoms with Crippen molar-refractivity contribution < 1.29 is 9.59 Å². The quantitative estimate of drug-likeness (QED) is 0.799. The molecule has 1 aliphatic heterocycles. The minimum absolute atomic E-state index is 0.119. The number of nitrogens with zero attached hydrogens (tertiary/aromatic N) is 2. The van der Waals surface area contributed by atoms with Crippen molar-refractivity contribution in [3.8, 4) is 0 Å². The third-order valence-corrected chi connectivity index (χ3v) is 8.32. The lowest BCUT2D eigenvalue weighted by Gasteiger charge is -2.33. The fourth-order valence-corrected chi connectivity index (χ4v) is 6.38. The van der Waals surface area contributed by atoms with Crippen LogP contribution in [0.25, 0.3) is 0 Å². The predicted molar refractivity (Wildman–Crippen MR) is 118 cm³/mol. The normalized spacial score (nSPS) is 21.9. The predicted octanol–water partition coefficient (Wildman–Crippen LogP) is 3.62. The number of thiophene rings is 1. The van der Waals surface area contributed by atoms with Crippen molar-refractivity contribution in [3.05, 3.63) is 51.5 Å². The molecule has 3 aliphatic rings. The van der Waals surface area contributed by atoms with Crippen LogP contribution in [0.3, 0.4) is 0 Å². The highest BCUT2D eigenvalue weighted by Crippen LogP contribution is 2.59. The molecule has 158 valence electrons. The standard InChI is InChI=1S/C24H29N3O2S/c28-22(26-12-8-18-6-3-4-11-25-18)20-15-24(20)9-13-27(14-10-24)23(29)21-19-7-2-1-5-17(19)16-30-21/h3-4,6,11,16,20H,1-2,5,7-10,12-15H2,(H,26,28). The van der Waals surface area contributed by atoms with Gasteiger partial charge in [-0.05, 0) is 79.0 Å². The average Bonchev–Trinajstić information content (AvgIpc) is 3.31. The first-order chi connectivity index (χ1) is 14.7. The maximum atomic E-state index is 13.1. The highest BCUT2D eigenvalue weighted by Gasteiger charge is 2.58. The van der Waals surface area contributed by atoms with Crippen LogP contribution in [0, 0.1) is 11.3 Å². The molecule has 1 saturated carbocycles. The summed E-state index contributed by atoms with van der Waals surface area (Å²) in [5, 5.41) is 5.29. The molecule has 1 saturated heterocycles. The molecule has 0 radical (unpaired) electrons. The van der Waals surface area contributed by atoms with Crippen LogP contribution in [-0.4, -0.2) is 41.3 Å². The maximum Gasteiger partial charge on any atom is 0.264 e. The lowest BCUT2D eigenvalue weighted by molar-refractivity contribution is -0.123. The number of hydrogen-bond acceptors (Lipinski definition) is 4. The van der Waals surface area contributed by atoms with Crippen molar-refractivity contribution in [1.82, 2.24) is 15.2 Å². The molecule has 2 aromatic heterocycles. The van der Waals surface area contributed by atoms with E-state index in [4.69, 9.17) is 0 Å². The van der Waals surface area contributed by atoms with Crippen LogP contribution >= 0.6 is 11.3 Å². The Labute approximate surface area is 181 Å². The highest BCUT2D eigenvalue weighted by molar-refractivity contribution is 7.12. The van der Waals surface area contributed by atoms with E-state index in [1.807, 2.05) is 23.1 Å². The molecule has 30 heavy (non-hydrogen) atoms. The van der Waals surface area contributed by atoms with Crippen molar-refractivity contribution in [2.45, 2.75) is 51.4 Å². The molecule has 1 atom stereocenters. The van der Waals surface area contributed by atoms with Gasteiger partial charge in [-0.25, -0.2) is 0 Å². The zero-order valence-corrected chi connectivity index (χ0v) is 18.2. The van der Waals surface area contributed by atoms with E-state index in [0.29, 0.717) is 6.54 Å². The Morgan fingerprint density at radius 2 is 2.03 bits per heavy atom. The third kappa shape index (κ3) is 3.78. The highest BCUT2D eigenvalue weighted by atomic mass is 32.1. The fraction of sp³-hybridized carbons (Fsp3) is 0.542. The van der Waals surface area contributed by atoms with Gasteiger partial charge in [-0.1, -0.05) is 6.07 Å². The lowest BCUT2D eigenvalue weighted by Crippen LogP contribution is -2.40. The maximum absolute atomic E-state index is 13.1. The van der Waals surface area contributed by atoms with Gasteiger partial charge < -0.3 is 10.2 Å². The van der Waals surface area contributed by atoms with Gasteiger partial charge in [-0.15, -0.1) is 11.3 Å². The number of aryl methyl sites for hydroxylation is 1. The van der Waals surface area contributed by atoms with Gasteiger partial charge in [0.25, 0.3) is 5.91 Å². The van der Waals surface area contributed by atoms with Gasteiger partial charge in [0.05, 0.1) is 4.88 Å². The Hall–Kier alpha value is -2.21. The first kappa shape index (κ1) is 19.7. The Kier molecular flexibility index (Phi) is 5.35. The minimum atomic E-state index is 0.119. The SMILES string of the molecule is O=C(NCCc1ccccn1)C1CC12CCN(C(=O)c1scc3c1CCCC3)CC2. The number of hydrogen-bond donors (Lipinski definition) is 1. The van der Waals surface area contributed by atoms with E-state index >= 15 is 0 Å². The fourth-order valence-electron chi connectivity index (χ4n) is 5.25. The van der Waals surface area contributed by atoms with Gasteiger partial charge in [0.2, 0.25) is 5.91 Å². The first-order valence-electron chi connectivity index (χ1n) is 11.2. The number of amides is 2. The van der Waals surface area contributed by atoms with Crippen molar-refractivity contribution in [2.24, 2.45) is 11.3 Å². The van der Waals surface area contributed by atoms with Crippen molar-refractivity contribution in [2.75, 3.05) is 19.6 Å². The number of fused-ring (bicyclic) bond motifs is 1. The number of rotatable bonds is 5. The molecule has 1 unspecified atom stereocenters. The summed E-state index contributed by atoms with van der Waals surface area (Å²) in [6.45, 7) is 2.20. The summed E-state index contributed by atoms with van der Waals surface area (Å²) < 4.78 is 0. The molecule has 1 N–H and O–H groups in total. The van der Waals surface area contributed by atoms with Gasteiger partial charge in [0.1, 0.15) is 0 Å². The van der Waals surface area contributed by atoms with Gasteiger partial charge in [0.15, 0.2) is 0 Å². The number of carbonyl (C=O) groups excluding carboxylic acids is 2. The van der Waals surface area contributed by atoms with E-state index in [1.54, 1.807) is 17.5 Å². The van der Waals surface area contributed by atoms with Crippen LogP contribution in [0.1, 0.15) is 58.6 Å². The molecular weight excluding hydrogens is 394 g/mol. The molecule has 6 heteroatoms. The topological polar surface area (TPSA) is 62.3 Å². The molecule has 2 amide bonds. The Bertz CT molecular complexity index is 931. The van der Waals surface area contributed by atoms with E-state index < -0.39 is 0 Å². The number of nitrogens with one attached hydrogen (secondary N) is 1. The number of aromatic nitrogens is 1. The average molecular weight is 424 g/mol. The second kappa shape index (κ2) is 8.14. The second-order valence-corrected chi connectivity index (χ2v) is 9.93.